The monoisotopic (exact) mass is 390 g/mol. The van der Waals surface area contributed by atoms with Gasteiger partial charge in [0.25, 0.3) is 5.91 Å². The van der Waals surface area contributed by atoms with Crippen LogP contribution in [0.4, 0.5) is 5.69 Å². The summed E-state index contributed by atoms with van der Waals surface area (Å²) in [6.45, 7) is 0.198. The van der Waals surface area contributed by atoms with Crippen LogP contribution in [0, 0.1) is 0 Å². The van der Waals surface area contributed by atoms with E-state index in [1.54, 1.807) is 36.4 Å². The van der Waals surface area contributed by atoms with Crippen molar-refractivity contribution in [2.75, 3.05) is 11.9 Å². The Labute approximate surface area is 168 Å². The number of amides is 2. The molecule has 2 amide bonds. The molecule has 0 saturated carbocycles. The zero-order valence-corrected chi connectivity index (χ0v) is 15.8. The van der Waals surface area contributed by atoms with Gasteiger partial charge in [0, 0.05) is 5.69 Å². The third-order valence-corrected chi connectivity index (χ3v) is 4.29. The summed E-state index contributed by atoms with van der Waals surface area (Å²) in [6, 6.07) is 21.7. The molecule has 4 N–H and O–H groups in total. The van der Waals surface area contributed by atoms with Crippen molar-refractivity contribution in [2.45, 2.75) is 12.8 Å². The first-order chi connectivity index (χ1) is 14.0. The van der Waals surface area contributed by atoms with Gasteiger partial charge in [0.05, 0.1) is 18.6 Å². The molecule has 0 radical (unpaired) electrons. The second-order valence-corrected chi connectivity index (χ2v) is 6.56. The van der Waals surface area contributed by atoms with E-state index < -0.39 is 11.8 Å². The Kier molecular flexibility index (Phi) is 6.47. The van der Waals surface area contributed by atoms with Crippen LogP contribution in [-0.2, 0) is 11.2 Å². The Balaban J connectivity index is 1.65. The second-order valence-electron chi connectivity index (χ2n) is 6.56. The Hall–Kier alpha value is -3.80. The molecule has 148 valence electrons. The van der Waals surface area contributed by atoms with E-state index in [1.165, 1.54) is 6.07 Å². The molecule has 0 fully saturated rings. The van der Waals surface area contributed by atoms with Gasteiger partial charge >= 0.3 is 0 Å². The molecule has 0 atom stereocenters. The summed E-state index contributed by atoms with van der Waals surface area (Å²) in [5.41, 5.74) is 7.89. The highest BCUT2D eigenvalue weighted by atomic mass is 16.5. The zero-order valence-electron chi connectivity index (χ0n) is 15.8. The van der Waals surface area contributed by atoms with Crippen LogP contribution in [0.25, 0.3) is 0 Å². The van der Waals surface area contributed by atoms with E-state index in [1.807, 2.05) is 30.3 Å². The molecular weight excluding hydrogens is 368 g/mol. The lowest BCUT2D eigenvalue weighted by Crippen LogP contribution is -2.14. The molecule has 0 aliphatic heterocycles. The lowest BCUT2D eigenvalue weighted by Gasteiger charge is -2.10. The summed E-state index contributed by atoms with van der Waals surface area (Å²) in [5, 5.41) is 12.9. The molecule has 29 heavy (non-hydrogen) atoms. The van der Waals surface area contributed by atoms with Crippen LogP contribution in [0.2, 0.25) is 0 Å². The van der Waals surface area contributed by atoms with Crippen molar-refractivity contribution in [3.63, 3.8) is 0 Å². The topological polar surface area (TPSA) is 102 Å². The zero-order chi connectivity index (χ0) is 20.6. The number of primary amides is 1. The third-order valence-electron chi connectivity index (χ3n) is 4.29. The molecule has 0 aliphatic carbocycles. The predicted octanol–water partition coefficient (Wildman–Crippen LogP) is 3.49. The maximum atomic E-state index is 12.6. The van der Waals surface area contributed by atoms with Crippen molar-refractivity contribution in [1.82, 2.24) is 0 Å². The number of nitrogens with two attached hydrogens (primary N) is 1. The first-order valence-electron chi connectivity index (χ1n) is 9.19. The minimum atomic E-state index is -0.428. The Morgan fingerprint density at radius 1 is 0.931 bits per heavy atom. The summed E-state index contributed by atoms with van der Waals surface area (Å²) in [6.07, 6.45) is 0.801. The first kappa shape index (κ1) is 19.9. The van der Waals surface area contributed by atoms with Crippen LogP contribution in [0.15, 0.2) is 72.8 Å². The number of hydrogen-bond acceptors (Lipinski definition) is 4. The van der Waals surface area contributed by atoms with Gasteiger partial charge in [0.15, 0.2) is 0 Å². The number of nitrogens with one attached hydrogen (secondary N) is 1. The van der Waals surface area contributed by atoms with Gasteiger partial charge in [-0.1, -0.05) is 36.4 Å². The summed E-state index contributed by atoms with van der Waals surface area (Å²) >= 11 is 0. The fraction of sp³-hybridized carbons (Fsp3) is 0.130. The van der Waals surface area contributed by atoms with E-state index in [0.717, 1.165) is 11.1 Å². The molecule has 3 rings (SSSR count). The number of phenolic OH excluding ortho intramolecular Hbond substituents is 1. The fourth-order valence-corrected chi connectivity index (χ4v) is 2.81. The van der Waals surface area contributed by atoms with Crippen molar-refractivity contribution in [3.8, 4) is 11.5 Å². The average molecular weight is 390 g/mol. The van der Waals surface area contributed by atoms with E-state index >= 15 is 0 Å². The van der Waals surface area contributed by atoms with Crippen LogP contribution in [0.3, 0.4) is 0 Å². The van der Waals surface area contributed by atoms with E-state index in [4.69, 9.17) is 10.5 Å². The maximum Gasteiger partial charge on any atom is 0.259 e. The molecule has 0 spiro atoms. The van der Waals surface area contributed by atoms with Crippen molar-refractivity contribution in [1.29, 1.82) is 0 Å². The Bertz CT molecular complexity index is 986. The van der Waals surface area contributed by atoms with Gasteiger partial charge in [-0.25, -0.2) is 0 Å². The number of hydrogen-bond donors (Lipinski definition) is 3. The molecule has 6 nitrogen and oxygen atoms in total. The predicted molar refractivity (Wildman–Crippen MR) is 111 cm³/mol. The maximum absolute atomic E-state index is 12.6. The molecule has 0 bridgehead atoms. The SMILES string of the molecule is NC(=O)CCOc1ccc(NC(=O)c2cc(Cc3ccccc3)ccc2O)cc1. The largest absolute Gasteiger partial charge is 0.507 e. The van der Waals surface area contributed by atoms with Gasteiger partial charge in [0.2, 0.25) is 5.91 Å². The van der Waals surface area contributed by atoms with Gasteiger partial charge in [-0.15, -0.1) is 0 Å². The standard InChI is InChI=1S/C23H22N2O4/c24-22(27)12-13-29-19-9-7-18(8-10-19)25-23(28)20-15-17(6-11-21(20)26)14-16-4-2-1-3-5-16/h1-11,15,26H,12-14H2,(H2,24,27)(H,25,28). The molecule has 0 heterocycles. The van der Waals surface area contributed by atoms with Crippen LogP contribution in [0.1, 0.15) is 27.9 Å². The summed E-state index contributed by atoms with van der Waals surface area (Å²) in [4.78, 5) is 23.3. The average Bonchev–Trinajstić information content (AvgIpc) is 2.71. The minimum Gasteiger partial charge on any atom is -0.507 e. The number of rotatable bonds is 8. The van der Waals surface area contributed by atoms with E-state index in [2.05, 4.69) is 5.32 Å². The molecular formula is C23H22N2O4. The molecule has 0 aromatic heterocycles. The highest BCUT2D eigenvalue weighted by Gasteiger charge is 2.13. The van der Waals surface area contributed by atoms with Gasteiger partial charge in [0.1, 0.15) is 11.5 Å². The highest BCUT2D eigenvalue weighted by Crippen LogP contribution is 2.23. The van der Waals surface area contributed by atoms with Gasteiger partial charge in [-0.3, -0.25) is 9.59 Å². The van der Waals surface area contributed by atoms with Gasteiger partial charge in [-0.05, 0) is 53.9 Å². The van der Waals surface area contributed by atoms with E-state index in [0.29, 0.717) is 17.9 Å². The Morgan fingerprint density at radius 2 is 1.66 bits per heavy atom. The number of phenols is 1. The van der Waals surface area contributed by atoms with E-state index in [9.17, 15) is 14.7 Å². The number of carbonyl (C=O) groups is 2. The molecule has 0 aliphatic rings. The summed E-state index contributed by atoms with van der Waals surface area (Å²) < 4.78 is 5.40. The minimum absolute atomic E-state index is 0.0780. The smallest absolute Gasteiger partial charge is 0.259 e. The van der Waals surface area contributed by atoms with Gasteiger partial charge in [-0.2, -0.15) is 0 Å². The van der Waals surface area contributed by atoms with Crippen molar-refractivity contribution >= 4 is 17.5 Å². The summed E-state index contributed by atoms with van der Waals surface area (Å²) in [5.74, 6) is -0.342. The van der Waals surface area contributed by atoms with Crippen LogP contribution in [-0.4, -0.2) is 23.5 Å². The third kappa shape index (κ3) is 5.84. The summed E-state index contributed by atoms with van der Waals surface area (Å²) in [7, 11) is 0. The number of benzene rings is 3. The lowest BCUT2D eigenvalue weighted by atomic mass is 10.0. The van der Waals surface area contributed by atoms with Gasteiger partial charge < -0.3 is 20.9 Å². The van der Waals surface area contributed by atoms with Crippen molar-refractivity contribution in [3.05, 3.63) is 89.5 Å². The first-order valence-corrected chi connectivity index (χ1v) is 9.19. The van der Waals surface area contributed by atoms with Crippen LogP contribution in [0.5, 0.6) is 11.5 Å². The molecule has 0 unspecified atom stereocenters. The molecule has 0 saturated heterocycles. The molecule has 3 aromatic rings. The quantitative estimate of drug-likeness (QED) is 0.548. The van der Waals surface area contributed by atoms with Crippen molar-refractivity contribution in [2.24, 2.45) is 5.73 Å². The van der Waals surface area contributed by atoms with Crippen LogP contribution < -0.4 is 15.8 Å². The highest BCUT2D eigenvalue weighted by molar-refractivity contribution is 6.06. The number of carbonyl (C=O) groups excluding carboxylic acids is 2. The fourth-order valence-electron chi connectivity index (χ4n) is 2.81. The molecule has 3 aromatic carbocycles. The number of aromatic hydroxyl groups is 1. The second kappa shape index (κ2) is 9.41. The normalized spacial score (nSPS) is 10.3. The number of ether oxygens (including phenoxy) is 1. The molecule has 6 heteroatoms. The van der Waals surface area contributed by atoms with E-state index in [-0.39, 0.29) is 24.3 Å². The lowest BCUT2D eigenvalue weighted by molar-refractivity contribution is -0.118. The Morgan fingerprint density at radius 3 is 2.34 bits per heavy atom. The number of anilines is 1. The van der Waals surface area contributed by atoms with Crippen LogP contribution >= 0.6 is 0 Å². The van der Waals surface area contributed by atoms with Crippen molar-refractivity contribution < 1.29 is 19.4 Å².